The lowest BCUT2D eigenvalue weighted by molar-refractivity contribution is 0.0462. The molecule has 2 aromatic carbocycles. The van der Waals surface area contributed by atoms with Crippen LogP contribution >= 0.6 is 0 Å². The Kier molecular flexibility index (Phi) is 5.43. The standard InChI is InChI=1S/C20H19N3O3/c1-14(16-10-6-3-7-11-16)23-19(24)17-18(22-13-21-17)20(25)26-12-15-8-4-2-5-9-15/h2-11,13-14H,12H2,1H3,(H,21,22)(H,23,24)/t14-/m0/s1. The van der Waals surface area contributed by atoms with E-state index in [0.29, 0.717) is 0 Å². The molecule has 1 atom stereocenters. The van der Waals surface area contributed by atoms with Crippen LogP contribution in [0.5, 0.6) is 0 Å². The Bertz CT molecular complexity index is 876. The minimum atomic E-state index is -0.621. The van der Waals surface area contributed by atoms with Gasteiger partial charge in [-0.05, 0) is 18.1 Å². The number of hydrogen-bond donors (Lipinski definition) is 2. The number of nitrogens with one attached hydrogen (secondary N) is 2. The van der Waals surface area contributed by atoms with Gasteiger partial charge in [0.15, 0.2) is 11.4 Å². The Morgan fingerprint density at radius 2 is 1.73 bits per heavy atom. The second-order valence-electron chi connectivity index (χ2n) is 5.79. The van der Waals surface area contributed by atoms with Gasteiger partial charge in [0.1, 0.15) is 6.61 Å². The van der Waals surface area contributed by atoms with Crippen LogP contribution < -0.4 is 5.32 Å². The highest BCUT2D eigenvalue weighted by molar-refractivity contribution is 6.02. The van der Waals surface area contributed by atoms with Gasteiger partial charge in [-0.15, -0.1) is 0 Å². The van der Waals surface area contributed by atoms with E-state index >= 15 is 0 Å². The van der Waals surface area contributed by atoms with E-state index < -0.39 is 11.9 Å². The van der Waals surface area contributed by atoms with Crippen LogP contribution in [0.1, 0.15) is 45.1 Å². The number of nitrogens with zero attached hydrogens (tertiary/aromatic N) is 1. The van der Waals surface area contributed by atoms with Gasteiger partial charge in [0.25, 0.3) is 5.91 Å². The van der Waals surface area contributed by atoms with Crippen molar-refractivity contribution in [3.8, 4) is 0 Å². The summed E-state index contributed by atoms with van der Waals surface area (Å²) in [5.74, 6) is -1.06. The molecule has 0 aliphatic heterocycles. The van der Waals surface area contributed by atoms with Crippen LogP contribution in [-0.4, -0.2) is 21.8 Å². The zero-order valence-corrected chi connectivity index (χ0v) is 14.3. The highest BCUT2D eigenvalue weighted by Crippen LogP contribution is 2.14. The molecular formula is C20H19N3O3. The van der Waals surface area contributed by atoms with E-state index in [1.807, 2.05) is 67.6 Å². The number of esters is 1. The average Bonchev–Trinajstić information content (AvgIpc) is 3.17. The zero-order valence-electron chi connectivity index (χ0n) is 14.3. The molecule has 0 spiro atoms. The second kappa shape index (κ2) is 8.11. The van der Waals surface area contributed by atoms with Gasteiger partial charge in [0, 0.05) is 0 Å². The number of rotatable bonds is 6. The van der Waals surface area contributed by atoms with Crippen molar-refractivity contribution in [2.75, 3.05) is 0 Å². The maximum absolute atomic E-state index is 12.5. The molecule has 132 valence electrons. The van der Waals surface area contributed by atoms with E-state index in [0.717, 1.165) is 11.1 Å². The number of H-pyrrole nitrogens is 1. The summed E-state index contributed by atoms with van der Waals surface area (Å²) in [4.78, 5) is 31.4. The molecule has 0 fully saturated rings. The summed E-state index contributed by atoms with van der Waals surface area (Å²) < 4.78 is 5.26. The van der Waals surface area contributed by atoms with Crippen molar-refractivity contribution >= 4 is 11.9 Å². The highest BCUT2D eigenvalue weighted by Gasteiger charge is 2.23. The Morgan fingerprint density at radius 3 is 2.42 bits per heavy atom. The number of carbonyl (C=O) groups is 2. The molecule has 3 rings (SSSR count). The van der Waals surface area contributed by atoms with Gasteiger partial charge in [-0.3, -0.25) is 4.79 Å². The summed E-state index contributed by atoms with van der Waals surface area (Å²) in [6.45, 7) is 1.99. The molecule has 0 unspecified atom stereocenters. The first-order valence-electron chi connectivity index (χ1n) is 8.25. The lowest BCUT2D eigenvalue weighted by atomic mass is 10.1. The molecule has 0 aliphatic carbocycles. The molecule has 0 saturated heterocycles. The highest BCUT2D eigenvalue weighted by atomic mass is 16.5. The quantitative estimate of drug-likeness (QED) is 0.669. The fourth-order valence-corrected chi connectivity index (χ4v) is 2.51. The van der Waals surface area contributed by atoms with Gasteiger partial charge in [0.05, 0.1) is 12.4 Å². The van der Waals surface area contributed by atoms with E-state index in [1.165, 1.54) is 6.33 Å². The van der Waals surface area contributed by atoms with Gasteiger partial charge >= 0.3 is 5.97 Å². The summed E-state index contributed by atoms with van der Waals surface area (Å²) in [7, 11) is 0. The van der Waals surface area contributed by atoms with Crippen LogP contribution in [0, 0.1) is 0 Å². The van der Waals surface area contributed by atoms with Crippen LogP contribution in [0.2, 0.25) is 0 Å². The van der Waals surface area contributed by atoms with Crippen LogP contribution in [0.3, 0.4) is 0 Å². The molecule has 3 aromatic rings. The van der Waals surface area contributed by atoms with Gasteiger partial charge in [0.2, 0.25) is 0 Å². The first kappa shape index (κ1) is 17.4. The first-order valence-corrected chi connectivity index (χ1v) is 8.25. The lowest BCUT2D eigenvalue weighted by Gasteiger charge is -2.13. The second-order valence-corrected chi connectivity index (χ2v) is 5.79. The van der Waals surface area contributed by atoms with E-state index in [2.05, 4.69) is 15.3 Å². The Balaban J connectivity index is 1.65. The van der Waals surface area contributed by atoms with Gasteiger partial charge in [-0.25, -0.2) is 9.78 Å². The predicted octanol–water partition coefficient (Wildman–Crippen LogP) is 3.26. The van der Waals surface area contributed by atoms with E-state index in [1.54, 1.807) is 0 Å². The van der Waals surface area contributed by atoms with E-state index in [-0.39, 0.29) is 24.0 Å². The fourth-order valence-electron chi connectivity index (χ4n) is 2.51. The predicted molar refractivity (Wildman–Crippen MR) is 96.5 cm³/mol. The van der Waals surface area contributed by atoms with Gasteiger partial charge < -0.3 is 15.0 Å². The molecule has 6 heteroatoms. The molecule has 0 aliphatic rings. The first-order chi connectivity index (χ1) is 12.6. The SMILES string of the molecule is C[C@H](NC(=O)c1nc[nH]c1C(=O)OCc1ccccc1)c1ccccc1. The number of aromatic amines is 1. The molecule has 2 N–H and O–H groups in total. The number of benzene rings is 2. The third-order valence-electron chi connectivity index (χ3n) is 3.92. The minimum Gasteiger partial charge on any atom is -0.456 e. The Morgan fingerprint density at radius 1 is 1.08 bits per heavy atom. The zero-order chi connectivity index (χ0) is 18.4. The molecule has 1 heterocycles. The van der Waals surface area contributed by atoms with E-state index in [4.69, 9.17) is 4.74 Å². The number of imidazole rings is 1. The van der Waals surface area contributed by atoms with Crippen molar-refractivity contribution < 1.29 is 14.3 Å². The van der Waals surface area contributed by atoms with Crippen molar-refractivity contribution in [2.45, 2.75) is 19.6 Å². The largest absolute Gasteiger partial charge is 0.456 e. The Hall–Kier alpha value is -3.41. The number of carbonyl (C=O) groups excluding carboxylic acids is 2. The molecule has 0 bridgehead atoms. The van der Waals surface area contributed by atoms with Crippen molar-refractivity contribution in [1.82, 2.24) is 15.3 Å². The summed E-state index contributed by atoms with van der Waals surface area (Å²) in [6, 6.07) is 18.7. The van der Waals surface area contributed by atoms with Crippen molar-refractivity contribution in [2.24, 2.45) is 0 Å². The summed E-state index contributed by atoms with van der Waals surface area (Å²) in [6.07, 6.45) is 1.31. The fraction of sp³-hybridized carbons (Fsp3) is 0.150. The third kappa shape index (κ3) is 4.16. The number of ether oxygens (including phenoxy) is 1. The van der Waals surface area contributed by atoms with Crippen molar-refractivity contribution in [3.05, 3.63) is 89.5 Å². The number of aromatic nitrogens is 2. The molecule has 0 saturated carbocycles. The summed E-state index contributed by atoms with van der Waals surface area (Å²) in [5, 5.41) is 2.84. The smallest absolute Gasteiger partial charge is 0.357 e. The van der Waals surface area contributed by atoms with Crippen LogP contribution in [-0.2, 0) is 11.3 Å². The molecule has 1 aromatic heterocycles. The van der Waals surface area contributed by atoms with Gasteiger partial charge in [-0.1, -0.05) is 60.7 Å². The Labute approximate surface area is 151 Å². The summed E-state index contributed by atoms with van der Waals surface area (Å²) >= 11 is 0. The minimum absolute atomic E-state index is 0.0193. The number of hydrogen-bond acceptors (Lipinski definition) is 4. The topological polar surface area (TPSA) is 84.1 Å². The molecule has 6 nitrogen and oxygen atoms in total. The average molecular weight is 349 g/mol. The molecule has 26 heavy (non-hydrogen) atoms. The van der Waals surface area contributed by atoms with Crippen LogP contribution in [0.25, 0.3) is 0 Å². The summed E-state index contributed by atoms with van der Waals surface area (Å²) in [5.41, 5.74) is 1.89. The van der Waals surface area contributed by atoms with Crippen molar-refractivity contribution in [3.63, 3.8) is 0 Å². The maximum Gasteiger partial charge on any atom is 0.357 e. The molecule has 1 amide bonds. The van der Waals surface area contributed by atoms with Gasteiger partial charge in [-0.2, -0.15) is 0 Å². The van der Waals surface area contributed by atoms with Crippen LogP contribution in [0.15, 0.2) is 67.0 Å². The van der Waals surface area contributed by atoms with E-state index in [9.17, 15) is 9.59 Å². The normalized spacial score (nSPS) is 11.6. The van der Waals surface area contributed by atoms with Crippen molar-refractivity contribution in [1.29, 1.82) is 0 Å². The number of amides is 1. The maximum atomic E-state index is 12.5. The molecular weight excluding hydrogens is 330 g/mol. The lowest BCUT2D eigenvalue weighted by Crippen LogP contribution is -2.28. The molecule has 0 radical (unpaired) electrons. The monoisotopic (exact) mass is 349 g/mol. The third-order valence-corrected chi connectivity index (χ3v) is 3.92. The van der Waals surface area contributed by atoms with Crippen LogP contribution in [0.4, 0.5) is 0 Å².